The summed E-state index contributed by atoms with van der Waals surface area (Å²) in [4.78, 5) is 0. The van der Waals surface area contributed by atoms with E-state index in [1.165, 1.54) is 0 Å². The molecule has 0 unspecified atom stereocenters. The van der Waals surface area contributed by atoms with Gasteiger partial charge in [0.15, 0.2) is 5.66 Å². The van der Waals surface area contributed by atoms with E-state index < -0.39 is 5.66 Å². The molecular formula is C7H14N2O2. The molecule has 0 aromatic heterocycles. The van der Waals surface area contributed by atoms with Gasteiger partial charge in [-0.3, -0.25) is 10.4 Å². The molecule has 0 atom stereocenters. The van der Waals surface area contributed by atoms with Crippen LogP contribution in [0.5, 0.6) is 0 Å². The molecule has 1 rings (SSSR count). The Balaban J connectivity index is 3.02. The lowest BCUT2D eigenvalue weighted by Gasteiger charge is -2.33. The van der Waals surface area contributed by atoms with Crippen molar-refractivity contribution >= 4 is 0 Å². The lowest BCUT2D eigenvalue weighted by Crippen LogP contribution is -2.46. The van der Waals surface area contributed by atoms with E-state index in [-0.39, 0.29) is 0 Å². The fourth-order valence-electron chi connectivity index (χ4n) is 1.22. The van der Waals surface area contributed by atoms with E-state index in [1.54, 1.807) is 27.7 Å². The second-order valence-corrected chi connectivity index (χ2v) is 3.29. The Labute approximate surface area is 66.2 Å². The van der Waals surface area contributed by atoms with Gasteiger partial charge in [0, 0.05) is 0 Å². The Bertz CT molecular complexity index is 190. The highest BCUT2D eigenvalue weighted by Crippen LogP contribution is 2.32. The molecule has 0 aromatic carbocycles. The molecule has 0 spiro atoms. The summed E-state index contributed by atoms with van der Waals surface area (Å²) in [7, 11) is 0. The normalized spacial score (nSPS) is 23.5. The van der Waals surface area contributed by atoms with Crippen molar-refractivity contribution in [2.24, 2.45) is 0 Å². The number of hydroxylamine groups is 4. The molecule has 2 N–H and O–H groups in total. The van der Waals surface area contributed by atoms with E-state index in [9.17, 15) is 10.4 Å². The minimum Gasteiger partial charge on any atom is -0.286 e. The van der Waals surface area contributed by atoms with Crippen LogP contribution >= 0.6 is 0 Å². The van der Waals surface area contributed by atoms with Crippen LogP contribution in [0.15, 0.2) is 11.4 Å². The third kappa shape index (κ3) is 0.902. The predicted molar refractivity (Wildman–Crippen MR) is 39.7 cm³/mol. The van der Waals surface area contributed by atoms with Crippen molar-refractivity contribution in [1.29, 1.82) is 0 Å². The molecule has 1 aliphatic heterocycles. The van der Waals surface area contributed by atoms with Gasteiger partial charge in [0.05, 0.1) is 11.4 Å². The third-order valence-corrected chi connectivity index (χ3v) is 2.20. The van der Waals surface area contributed by atoms with E-state index in [2.05, 4.69) is 0 Å². The largest absolute Gasteiger partial charge is 0.286 e. The summed E-state index contributed by atoms with van der Waals surface area (Å²) in [6.45, 7) is 6.97. The predicted octanol–water partition coefficient (Wildman–Crippen LogP) is 1.37. The number of rotatable bonds is 0. The van der Waals surface area contributed by atoms with E-state index in [1.807, 2.05) is 0 Å². The Morgan fingerprint density at radius 1 is 1.00 bits per heavy atom. The second-order valence-electron chi connectivity index (χ2n) is 3.29. The van der Waals surface area contributed by atoms with E-state index >= 15 is 0 Å². The summed E-state index contributed by atoms with van der Waals surface area (Å²) < 4.78 is 0. The molecule has 11 heavy (non-hydrogen) atoms. The van der Waals surface area contributed by atoms with Crippen molar-refractivity contribution in [2.75, 3.05) is 0 Å². The average molecular weight is 158 g/mol. The van der Waals surface area contributed by atoms with Crippen LogP contribution in [0.3, 0.4) is 0 Å². The zero-order valence-electron chi connectivity index (χ0n) is 7.29. The first kappa shape index (κ1) is 8.36. The molecule has 1 aliphatic rings. The van der Waals surface area contributed by atoms with Gasteiger partial charge in [0.1, 0.15) is 0 Å². The molecule has 1 heterocycles. The number of hydrogen-bond donors (Lipinski definition) is 2. The zero-order chi connectivity index (χ0) is 8.81. The Hall–Kier alpha value is -0.740. The van der Waals surface area contributed by atoms with Crippen LogP contribution in [0, 0.1) is 0 Å². The molecule has 0 fully saturated rings. The smallest absolute Gasteiger partial charge is 0.155 e. The van der Waals surface area contributed by atoms with Gasteiger partial charge >= 0.3 is 0 Å². The van der Waals surface area contributed by atoms with Crippen LogP contribution < -0.4 is 0 Å². The maximum Gasteiger partial charge on any atom is 0.155 e. The van der Waals surface area contributed by atoms with E-state index in [0.717, 1.165) is 10.1 Å². The monoisotopic (exact) mass is 158 g/mol. The minimum atomic E-state index is -0.742. The Kier molecular flexibility index (Phi) is 1.61. The van der Waals surface area contributed by atoms with E-state index in [4.69, 9.17) is 0 Å². The van der Waals surface area contributed by atoms with Crippen molar-refractivity contribution < 1.29 is 10.4 Å². The summed E-state index contributed by atoms with van der Waals surface area (Å²) in [6, 6.07) is 0. The topological polar surface area (TPSA) is 46.9 Å². The first-order chi connectivity index (χ1) is 4.89. The lowest BCUT2D eigenvalue weighted by atomic mass is 10.2. The van der Waals surface area contributed by atoms with Crippen LogP contribution in [-0.2, 0) is 0 Å². The second kappa shape index (κ2) is 2.12. The average Bonchev–Trinajstić information content (AvgIpc) is 2.06. The van der Waals surface area contributed by atoms with Gasteiger partial charge in [-0.2, -0.15) is 0 Å². The fraction of sp³-hybridized carbons (Fsp3) is 0.714. The highest BCUT2D eigenvalue weighted by molar-refractivity contribution is 5.14. The molecule has 0 radical (unpaired) electrons. The number of hydrogen-bond acceptors (Lipinski definition) is 4. The molecular weight excluding hydrogens is 144 g/mol. The molecule has 64 valence electrons. The van der Waals surface area contributed by atoms with Crippen LogP contribution in [0.4, 0.5) is 0 Å². The molecule has 0 saturated carbocycles. The van der Waals surface area contributed by atoms with Gasteiger partial charge in [0.2, 0.25) is 0 Å². The molecule has 4 heteroatoms. The zero-order valence-corrected chi connectivity index (χ0v) is 7.29. The van der Waals surface area contributed by atoms with Gasteiger partial charge in [0.25, 0.3) is 0 Å². The number of allylic oxidation sites excluding steroid dienone is 2. The van der Waals surface area contributed by atoms with Gasteiger partial charge in [-0.25, -0.2) is 10.1 Å². The summed E-state index contributed by atoms with van der Waals surface area (Å²) >= 11 is 0. The maximum absolute atomic E-state index is 9.44. The molecule has 0 aromatic rings. The Morgan fingerprint density at radius 2 is 1.27 bits per heavy atom. The highest BCUT2D eigenvalue weighted by atomic mass is 16.6. The number of nitrogens with zero attached hydrogens (tertiary/aromatic N) is 2. The minimum absolute atomic E-state index is 0.678. The van der Waals surface area contributed by atoms with Crippen molar-refractivity contribution in [3.05, 3.63) is 11.4 Å². The maximum atomic E-state index is 9.44. The fourth-order valence-corrected chi connectivity index (χ4v) is 1.22. The first-order valence-corrected chi connectivity index (χ1v) is 3.54. The van der Waals surface area contributed by atoms with Crippen molar-refractivity contribution in [3.63, 3.8) is 0 Å². The van der Waals surface area contributed by atoms with Gasteiger partial charge in [-0.1, -0.05) is 0 Å². The van der Waals surface area contributed by atoms with Crippen LogP contribution in [-0.4, -0.2) is 26.2 Å². The van der Waals surface area contributed by atoms with Crippen molar-refractivity contribution in [3.8, 4) is 0 Å². The molecule has 0 bridgehead atoms. The van der Waals surface area contributed by atoms with Crippen LogP contribution in [0.2, 0.25) is 0 Å². The SMILES string of the molecule is CC1=C(C)N(O)C(C)(C)N1O. The quantitative estimate of drug-likeness (QED) is 0.559. The van der Waals surface area contributed by atoms with E-state index in [0.29, 0.717) is 11.4 Å². The highest BCUT2D eigenvalue weighted by Gasteiger charge is 2.40. The lowest BCUT2D eigenvalue weighted by molar-refractivity contribution is -0.238. The van der Waals surface area contributed by atoms with Crippen molar-refractivity contribution in [1.82, 2.24) is 10.1 Å². The van der Waals surface area contributed by atoms with Crippen LogP contribution in [0.1, 0.15) is 27.7 Å². The summed E-state index contributed by atoms with van der Waals surface area (Å²) in [6.07, 6.45) is 0. The molecule has 0 saturated heterocycles. The molecule has 4 nitrogen and oxygen atoms in total. The summed E-state index contributed by atoms with van der Waals surface area (Å²) in [5, 5.41) is 21.0. The molecule has 0 amide bonds. The van der Waals surface area contributed by atoms with Gasteiger partial charge < -0.3 is 0 Å². The standard InChI is InChI=1S/C7H14N2O2/c1-5-6(2)9(11)7(3,4)8(5)10/h10-11H,1-4H3. The Morgan fingerprint density at radius 3 is 1.36 bits per heavy atom. The van der Waals surface area contributed by atoms with Crippen molar-refractivity contribution in [2.45, 2.75) is 33.4 Å². The van der Waals surface area contributed by atoms with Gasteiger partial charge in [-0.15, -0.1) is 0 Å². The first-order valence-electron chi connectivity index (χ1n) is 3.54. The van der Waals surface area contributed by atoms with Crippen LogP contribution in [0.25, 0.3) is 0 Å². The third-order valence-electron chi connectivity index (χ3n) is 2.20. The van der Waals surface area contributed by atoms with Gasteiger partial charge in [-0.05, 0) is 27.7 Å². The summed E-state index contributed by atoms with van der Waals surface area (Å²) in [5.41, 5.74) is 0.615. The molecule has 0 aliphatic carbocycles. The summed E-state index contributed by atoms with van der Waals surface area (Å²) in [5.74, 6) is 0.